The maximum Gasteiger partial charge on any atom is 0.0464 e. The molecule has 2 heterocycles. The molecule has 0 bridgehead atoms. The molecule has 64 valence electrons. The van der Waals surface area contributed by atoms with Gasteiger partial charge in [-0.25, -0.2) is 0 Å². The number of nitrogens with zero attached hydrogens (tertiary/aromatic N) is 1. The zero-order chi connectivity index (χ0) is 8.55. The van der Waals surface area contributed by atoms with Crippen LogP contribution in [0.25, 0.3) is 0 Å². The number of pyridine rings is 1. The van der Waals surface area contributed by atoms with Crippen LogP contribution in [0.2, 0.25) is 0 Å². The summed E-state index contributed by atoms with van der Waals surface area (Å²) in [6, 6.07) is 2.60. The van der Waals surface area contributed by atoms with E-state index in [-0.39, 0.29) is 0 Å². The Morgan fingerprint density at radius 2 is 2.50 bits per heavy atom. The number of aromatic nitrogens is 1. The molecular weight excluding hydrogens is 216 g/mol. The van der Waals surface area contributed by atoms with Crippen molar-refractivity contribution in [2.45, 2.75) is 19.4 Å². The van der Waals surface area contributed by atoms with Gasteiger partial charge in [0.25, 0.3) is 0 Å². The van der Waals surface area contributed by atoms with Crippen LogP contribution in [0, 0.1) is 0 Å². The van der Waals surface area contributed by atoms with Crippen LogP contribution in [0.5, 0.6) is 0 Å². The summed E-state index contributed by atoms with van der Waals surface area (Å²) >= 11 is 3.43. The van der Waals surface area contributed by atoms with Crippen LogP contribution in [0.3, 0.4) is 0 Å². The third-order valence-corrected chi connectivity index (χ3v) is 2.68. The van der Waals surface area contributed by atoms with Gasteiger partial charge in [0.15, 0.2) is 0 Å². The van der Waals surface area contributed by atoms with E-state index in [0.29, 0.717) is 6.04 Å². The van der Waals surface area contributed by atoms with Crippen molar-refractivity contribution in [1.82, 2.24) is 10.3 Å². The maximum absolute atomic E-state index is 4.38. The molecule has 2 nitrogen and oxygen atoms in total. The second-order valence-electron chi connectivity index (χ2n) is 3.12. The lowest BCUT2D eigenvalue weighted by Crippen LogP contribution is -2.28. The molecule has 1 unspecified atom stereocenters. The van der Waals surface area contributed by atoms with Crippen molar-refractivity contribution in [3.63, 3.8) is 0 Å². The summed E-state index contributed by atoms with van der Waals surface area (Å²) in [6.07, 6.45) is 2.92. The van der Waals surface area contributed by atoms with E-state index in [4.69, 9.17) is 0 Å². The van der Waals surface area contributed by atoms with E-state index in [1.54, 1.807) is 0 Å². The summed E-state index contributed by atoms with van der Waals surface area (Å²) < 4.78 is 1.07. The molecule has 1 aliphatic heterocycles. The predicted octanol–water partition coefficient (Wildman–Crippen LogP) is 2.05. The van der Waals surface area contributed by atoms with E-state index in [9.17, 15) is 0 Å². The Morgan fingerprint density at radius 1 is 1.67 bits per heavy atom. The second kappa shape index (κ2) is 3.15. The SMILES string of the molecule is CC1NCCc2ncc(Br)cc21. The van der Waals surface area contributed by atoms with Crippen molar-refractivity contribution < 1.29 is 0 Å². The molecule has 0 saturated heterocycles. The molecule has 3 heteroatoms. The van der Waals surface area contributed by atoms with Crippen LogP contribution in [-0.4, -0.2) is 11.5 Å². The lowest BCUT2D eigenvalue weighted by molar-refractivity contribution is 0.532. The largest absolute Gasteiger partial charge is 0.310 e. The molecule has 1 aromatic heterocycles. The van der Waals surface area contributed by atoms with Gasteiger partial charge in [0, 0.05) is 35.4 Å². The standard InChI is InChI=1S/C9H11BrN2/c1-6-8-4-7(10)5-12-9(8)2-3-11-6/h4-6,11H,2-3H2,1H3. The number of hydrogen-bond donors (Lipinski definition) is 1. The van der Waals surface area contributed by atoms with Gasteiger partial charge in [-0.3, -0.25) is 4.98 Å². The first-order chi connectivity index (χ1) is 5.77. The minimum Gasteiger partial charge on any atom is -0.310 e. The van der Waals surface area contributed by atoms with Crippen LogP contribution in [0.4, 0.5) is 0 Å². The fraction of sp³-hybridized carbons (Fsp3) is 0.444. The van der Waals surface area contributed by atoms with Crippen molar-refractivity contribution in [3.05, 3.63) is 28.0 Å². The topological polar surface area (TPSA) is 24.9 Å². The fourth-order valence-corrected chi connectivity index (χ4v) is 1.93. The molecule has 1 aliphatic rings. The molecule has 0 amide bonds. The molecule has 1 atom stereocenters. The first kappa shape index (κ1) is 8.20. The number of fused-ring (bicyclic) bond motifs is 1. The highest BCUT2D eigenvalue weighted by atomic mass is 79.9. The Kier molecular flexibility index (Phi) is 2.15. The summed E-state index contributed by atoms with van der Waals surface area (Å²) in [5, 5.41) is 3.40. The summed E-state index contributed by atoms with van der Waals surface area (Å²) in [5.41, 5.74) is 2.57. The van der Waals surface area contributed by atoms with Gasteiger partial charge in [-0.15, -0.1) is 0 Å². The van der Waals surface area contributed by atoms with Crippen molar-refractivity contribution >= 4 is 15.9 Å². The molecule has 0 spiro atoms. The average Bonchev–Trinajstić information content (AvgIpc) is 2.07. The highest BCUT2D eigenvalue weighted by Crippen LogP contribution is 2.23. The fourth-order valence-electron chi connectivity index (χ4n) is 1.58. The third kappa shape index (κ3) is 1.39. The summed E-state index contributed by atoms with van der Waals surface area (Å²) in [4.78, 5) is 4.38. The molecule has 1 aromatic rings. The normalized spacial score (nSPS) is 22.0. The van der Waals surface area contributed by atoms with Crippen molar-refractivity contribution in [2.24, 2.45) is 0 Å². The van der Waals surface area contributed by atoms with Crippen LogP contribution < -0.4 is 5.32 Å². The second-order valence-corrected chi connectivity index (χ2v) is 4.03. The lowest BCUT2D eigenvalue weighted by Gasteiger charge is -2.22. The first-order valence-electron chi connectivity index (χ1n) is 4.15. The highest BCUT2D eigenvalue weighted by Gasteiger charge is 2.16. The minimum absolute atomic E-state index is 0.443. The molecule has 0 aliphatic carbocycles. The Labute approximate surface area is 80.5 Å². The van der Waals surface area contributed by atoms with Crippen molar-refractivity contribution in [2.75, 3.05) is 6.54 Å². The van der Waals surface area contributed by atoms with Crippen LogP contribution in [-0.2, 0) is 6.42 Å². The maximum atomic E-state index is 4.38. The van der Waals surface area contributed by atoms with Crippen LogP contribution in [0.1, 0.15) is 24.2 Å². The third-order valence-electron chi connectivity index (χ3n) is 2.25. The molecule has 12 heavy (non-hydrogen) atoms. The van der Waals surface area contributed by atoms with Gasteiger partial charge in [0.2, 0.25) is 0 Å². The number of halogens is 1. The van der Waals surface area contributed by atoms with Crippen LogP contribution in [0.15, 0.2) is 16.7 Å². The van der Waals surface area contributed by atoms with Gasteiger partial charge in [-0.1, -0.05) is 0 Å². The zero-order valence-corrected chi connectivity index (χ0v) is 8.56. The molecule has 0 fully saturated rings. The van der Waals surface area contributed by atoms with Gasteiger partial charge in [0.1, 0.15) is 0 Å². The molecule has 2 rings (SSSR count). The summed E-state index contributed by atoms with van der Waals surface area (Å²) in [5.74, 6) is 0. The van der Waals surface area contributed by atoms with Crippen molar-refractivity contribution in [1.29, 1.82) is 0 Å². The summed E-state index contributed by atoms with van der Waals surface area (Å²) in [6.45, 7) is 3.22. The Bertz CT molecular complexity index is 299. The van der Waals surface area contributed by atoms with E-state index < -0.39 is 0 Å². The Hall–Kier alpha value is -0.410. The van der Waals surface area contributed by atoms with E-state index >= 15 is 0 Å². The monoisotopic (exact) mass is 226 g/mol. The quantitative estimate of drug-likeness (QED) is 0.733. The first-order valence-corrected chi connectivity index (χ1v) is 4.94. The molecule has 0 radical (unpaired) electrons. The summed E-state index contributed by atoms with van der Waals surface area (Å²) in [7, 11) is 0. The lowest BCUT2D eigenvalue weighted by atomic mass is 10.0. The van der Waals surface area contributed by atoms with Gasteiger partial charge in [-0.2, -0.15) is 0 Å². The van der Waals surface area contributed by atoms with Crippen LogP contribution >= 0.6 is 15.9 Å². The Balaban J connectivity index is 2.47. The predicted molar refractivity (Wildman–Crippen MR) is 52.1 cm³/mol. The minimum atomic E-state index is 0.443. The average molecular weight is 227 g/mol. The zero-order valence-electron chi connectivity index (χ0n) is 6.97. The van der Waals surface area contributed by atoms with E-state index in [0.717, 1.165) is 17.4 Å². The van der Waals surface area contributed by atoms with Crippen molar-refractivity contribution in [3.8, 4) is 0 Å². The highest BCUT2D eigenvalue weighted by molar-refractivity contribution is 9.10. The van der Waals surface area contributed by atoms with Gasteiger partial charge >= 0.3 is 0 Å². The molecular formula is C9H11BrN2. The van der Waals surface area contributed by atoms with Gasteiger partial charge in [0.05, 0.1) is 0 Å². The smallest absolute Gasteiger partial charge is 0.0464 e. The van der Waals surface area contributed by atoms with E-state index in [1.165, 1.54) is 11.3 Å². The molecule has 0 aromatic carbocycles. The number of rotatable bonds is 0. The Morgan fingerprint density at radius 3 is 3.33 bits per heavy atom. The van der Waals surface area contributed by atoms with Gasteiger partial charge in [-0.05, 0) is 34.5 Å². The number of hydrogen-bond acceptors (Lipinski definition) is 2. The molecule has 0 saturated carbocycles. The molecule has 1 N–H and O–H groups in total. The van der Waals surface area contributed by atoms with Gasteiger partial charge < -0.3 is 5.32 Å². The van der Waals surface area contributed by atoms with E-state index in [1.807, 2.05) is 6.20 Å². The van der Waals surface area contributed by atoms with E-state index in [2.05, 4.69) is 39.2 Å². The number of nitrogens with one attached hydrogen (secondary N) is 1.